The van der Waals surface area contributed by atoms with Gasteiger partial charge in [0.05, 0.1) is 50.0 Å². The van der Waals surface area contributed by atoms with Gasteiger partial charge in [-0.15, -0.1) is 0 Å². The molecule has 2 heterocycles. The molecule has 6 heteroatoms. The van der Waals surface area contributed by atoms with E-state index in [1.54, 1.807) is 6.20 Å². The summed E-state index contributed by atoms with van der Waals surface area (Å²) in [5, 5.41) is 18.9. The molecule has 0 amide bonds. The van der Waals surface area contributed by atoms with Gasteiger partial charge in [-0.2, -0.15) is 0 Å². The second kappa shape index (κ2) is 6.27. The van der Waals surface area contributed by atoms with Gasteiger partial charge in [-0.05, 0) is 0 Å². The third kappa shape index (κ3) is 3.02. The summed E-state index contributed by atoms with van der Waals surface area (Å²) in [6.07, 6.45) is 1.74. The van der Waals surface area contributed by atoms with E-state index in [1.165, 1.54) is 0 Å². The third-order valence-electron chi connectivity index (χ3n) is 3.28. The summed E-state index contributed by atoms with van der Waals surface area (Å²) in [6.45, 7) is 5.66. The molecule has 0 bridgehead atoms. The van der Waals surface area contributed by atoms with Gasteiger partial charge in [0.15, 0.2) is 0 Å². The van der Waals surface area contributed by atoms with Crippen molar-refractivity contribution in [2.75, 3.05) is 31.3 Å². The molecule has 0 saturated carbocycles. The van der Waals surface area contributed by atoms with Crippen molar-refractivity contribution in [3.05, 3.63) is 17.7 Å². The Balaban J connectivity index is 2.32. The Bertz CT molecular complexity index is 426. The van der Waals surface area contributed by atoms with Crippen LogP contribution in [0.25, 0.3) is 0 Å². The highest BCUT2D eigenvalue weighted by Gasteiger charge is 2.25. The summed E-state index contributed by atoms with van der Waals surface area (Å²) in [5.74, 6) is 0.944. The van der Waals surface area contributed by atoms with Crippen molar-refractivity contribution >= 4 is 5.69 Å². The van der Waals surface area contributed by atoms with E-state index < -0.39 is 0 Å². The molecule has 19 heavy (non-hydrogen) atoms. The van der Waals surface area contributed by atoms with Gasteiger partial charge in [0.1, 0.15) is 5.82 Å². The Morgan fingerprint density at radius 2 is 2.26 bits per heavy atom. The Morgan fingerprint density at radius 1 is 1.47 bits per heavy atom. The summed E-state index contributed by atoms with van der Waals surface area (Å²) in [4.78, 5) is 10.8. The van der Waals surface area contributed by atoms with Crippen LogP contribution in [-0.4, -0.2) is 52.6 Å². The molecule has 1 aromatic rings. The molecule has 1 aliphatic heterocycles. The summed E-state index contributed by atoms with van der Waals surface area (Å²) < 4.78 is 5.36. The fourth-order valence-electron chi connectivity index (χ4n) is 2.18. The zero-order chi connectivity index (χ0) is 13.8. The van der Waals surface area contributed by atoms with Crippen molar-refractivity contribution in [2.24, 2.45) is 0 Å². The van der Waals surface area contributed by atoms with Gasteiger partial charge >= 0.3 is 0 Å². The minimum absolute atomic E-state index is 0.0107. The van der Waals surface area contributed by atoms with Crippen molar-refractivity contribution in [3.8, 4) is 0 Å². The zero-order valence-electron chi connectivity index (χ0n) is 11.4. The lowest BCUT2D eigenvalue weighted by molar-refractivity contribution is 0.0723. The lowest BCUT2D eigenvalue weighted by Crippen LogP contribution is -2.48. The molecule has 2 rings (SSSR count). The minimum atomic E-state index is -0.132. The second-order valence-electron chi connectivity index (χ2n) is 4.98. The normalized spacial score (nSPS) is 20.1. The number of hydrogen-bond acceptors (Lipinski definition) is 6. The topological polar surface area (TPSA) is 78.7 Å². The maximum absolute atomic E-state index is 9.50. The summed E-state index contributed by atoms with van der Waals surface area (Å²) in [5.41, 5.74) is 1.40. The number of hydrogen-bond donors (Lipinski definition) is 2. The molecule has 2 N–H and O–H groups in total. The standard InChI is InChI=1S/C13H21N3O3/c1-9(2)13-14-5-12(11(7-18)15-13)16-3-4-19-8-10(16)6-17/h5,9-10,17-18H,3-4,6-8H2,1-2H3. The van der Waals surface area contributed by atoms with Gasteiger partial charge in [-0.25, -0.2) is 9.97 Å². The number of aliphatic hydroxyl groups excluding tert-OH is 2. The molecule has 0 radical (unpaired) electrons. The lowest BCUT2D eigenvalue weighted by Gasteiger charge is -2.36. The van der Waals surface area contributed by atoms with E-state index in [2.05, 4.69) is 9.97 Å². The number of rotatable bonds is 4. The highest BCUT2D eigenvalue weighted by molar-refractivity contribution is 5.50. The van der Waals surface area contributed by atoms with Crippen LogP contribution in [0, 0.1) is 0 Å². The minimum Gasteiger partial charge on any atom is -0.394 e. The summed E-state index contributed by atoms with van der Waals surface area (Å²) >= 11 is 0. The first-order chi connectivity index (χ1) is 9.17. The van der Waals surface area contributed by atoms with Gasteiger partial charge in [-0.3, -0.25) is 0 Å². The van der Waals surface area contributed by atoms with Crippen LogP contribution in [0.1, 0.15) is 31.3 Å². The number of morpholine rings is 1. The maximum Gasteiger partial charge on any atom is 0.131 e. The summed E-state index contributed by atoms with van der Waals surface area (Å²) in [6, 6.07) is -0.104. The first-order valence-electron chi connectivity index (χ1n) is 6.59. The molecule has 1 atom stereocenters. The predicted octanol–water partition coefficient (Wildman–Crippen LogP) is 0.290. The van der Waals surface area contributed by atoms with Gasteiger partial charge < -0.3 is 19.8 Å². The summed E-state index contributed by atoms with van der Waals surface area (Å²) in [7, 11) is 0. The number of anilines is 1. The van der Waals surface area contributed by atoms with Crippen LogP contribution in [0.15, 0.2) is 6.20 Å². The van der Waals surface area contributed by atoms with Crippen LogP contribution in [0.3, 0.4) is 0 Å². The highest BCUT2D eigenvalue weighted by Crippen LogP contribution is 2.24. The quantitative estimate of drug-likeness (QED) is 0.816. The zero-order valence-corrected chi connectivity index (χ0v) is 11.4. The highest BCUT2D eigenvalue weighted by atomic mass is 16.5. The molecule has 1 aromatic heterocycles. The molecule has 1 saturated heterocycles. The van der Waals surface area contributed by atoms with Gasteiger partial charge in [0, 0.05) is 12.5 Å². The second-order valence-corrected chi connectivity index (χ2v) is 4.98. The van der Waals surface area contributed by atoms with E-state index in [0.29, 0.717) is 25.5 Å². The molecule has 1 aliphatic rings. The number of nitrogens with zero attached hydrogens (tertiary/aromatic N) is 3. The van der Waals surface area contributed by atoms with Gasteiger partial charge in [0.25, 0.3) is 0 Å². The molecule has 1 unspecified atom stereocenters. The molecule has 6 nitrogen and oxygen atoms in total. The monoisotopic (exact) mass is 267 g/mol. The smallest absolute Gasteiger partial charge is 0.131 e. The van der Waals surface area contributed by atoms with E-state index in [4.69, 9.17) is 4.74 Å². The molecule has 1 fully saturated rings. The van der Waals surface area contributed by atoms with E-state index in [1.807, 2.05) is 18.7 Å². The Hall–Kier alpha value is -1.24. The van der Waals surface area contributed by atoms with Gasteiger partial charge in [0.2, 0.25) is 0 Å². The fraction of sp³-hybridized carbons (Fsp3) is 0.692. The van der Waals surface area contributed by atoms with Crippen LogP contribution in [0.2, 0.25) is 0 Å². The Kier molecular flexibility index (Phi) is 4.68. The Morgan fingerprint density at radius 3 is 2.89 bits per heavy atom. The van der Waals surface area contributed by atoms with Crippen LogP contribution >= 0.6 is 0 Å². The van der Waals surface area contributed by atoms with E-state index in [9.17, 15) is 10.2 Å². The number of ether oxygens (including phenoxy) is 1. The lowest BCUT2D eigenvalue weighted by atomic mass is 10.1. The Labute approximate surface area is 113 Å². The van der Waals surface area contributed by atoms with Crippen LogP contribution in [0.4, 0.5) is 5.69 Å². The molecular weight excluding hydrogens is 246 g/mol. The van der Waals surface area contributed by atoms with Gasteiger partial charge in [-0.1, -0.05) is 13.8 Å². The number of aliphatic hydroxyl groups is 2. The maximum atomic E-state index is 9.50. The van der Waals surface area contributed by atoms with Crippen molar-refractivity contribution in [1.29, 1.82) is 0 Å². The van der Waals surface area contributed by atoms with Crippen molar-refractivity contribution < 1.29 is 14.9 Å². The number of aromatic nitrogens is 2. The largest absolute Gasteiger partial charge is 0.394 e. The molecule has 0 aromatic carbocycles. The van der Waals surface area contributed by atoms with Crippen LogP contribution in [0.5, 0.6) is 0 Å². The average molecular weight is 267 g/mol. The van der Waals surface area contributed by atoms with Crippen molar-refractivity contribution in [2.45, 2.75) is 32.4 Å². The fourth-order valence-corrected chi connectivity index (χ4v) is 2.18. The molecule has 106 valence electrons. The molecule has 0 aliphatic carbocycles. The SMILES string of the molecule is CC(C)c1ncc(N2CCOCC2CO)c(CO)n1. The average Bonchev–Trinajstić information content (AvgIpc) is 2.46. The first kappa shape index (κ1) is 14.2. The predicted molar refractivity (Wildman–Crippen MR) is 71.1 cm³/mol. The molecular formula is C13H21N3O3. The van der Waals surface area contributed by atoms with E-state index in [0.717, 1.165) is 11.5 Å². The van der Waals surface area contributed by atoms with Crippen LogP contribution < -0.4 is 4.90 Å². The van der Waals surface area contributed by atoms with Crippen molar-refractivity contribution in [3.63, 3.8) is 0 Å². The van der Waals surface area contributed by atoms with Crippen molar-refractivity contribution in [1.82, 2.24) is 9.97 Å². The van der Waals surface area contributed by atoms with Crippen LogP contribution in [-0.2, 0) is 11.3 Å². The molecule has 0 spiro atoms. The van der Waals surface area contributed by atoms with E-state index >= 15 is 0 Å². The third-order valence-corrected chi connectivity index (χ3v) is 3.28. The van der Waals surface area contributed by atoms with E-state index in [-0.39, 0.29) is 25.2 Å². The first-order valence-corrected chi connectivity index (χ1v) is 6.59.